The molecular formula is C15H22N2O4. The van der Waals surface area contributed by atoms with E-state index in [1.54, 1.807) is 13.8 Å². The molecule has 6 heteroatoms. The van der Waals surface area contributed by atoms with E-state index in [-0.39, 0.29) is 24.2 Å². The Bertz CT molecular complexity index is 504. The van der Waals surface area contributed by atoms with Crippen LogP contribution in [0.1, 0.15) is 42.7 Å². The summed E-state index contributed by atoms with van der Waals surface area (Å²) in [5.74, 6) is -0.509. The highest BCUT2D eigenvalue weighted by molar-refractivity contribution is 5.79. The van der Waals surface area contributed by atoms with Gasteiger partial charge in [-0.2, -0.15) is 0 Å². The summed E-state index contributed by atoms with van der Waals surface area (Å²) in [6.07, 6.45) is 3.79. The molecule has 0 bridgehead atoms. The van der Waals surface area contributed by atoms with Crippen LogP contribution in [0.15, 0.2) is 4.52 Å². The van der Waals surface area contributed by atoms with Gasteiger partial charge in [-0.25, -0.2) is 0 Å². The van der Waals surface area contributed by atoms with Crippen molar-refractivity contribution in [2.45, 2.75) is 46.0 Å². The molecule has 1 aromatic heterocycles. The van der Waals surface area contributed by atoms with E-state index in [9.17, 15) is 14.7 Å². The zero-order chi connectivity index (χ0) is 15.4. The summed E-state index contributed by atoms with van der Waals surface area (Å²) in [7, 11) is 0. The molecule has 1 aromatic rings. The number of hydrogen-bond acceptors (Lipinski definition) is 4. The van der Waals surface area contributed by atoms with Crippen molar-refractivity contribution in [3.8, 4) is 0 Å². The van der Waals surface area contributed by atoms with Crippen molar-refractivity contribution in [3.63, 3.8) is 0 Å². The minimum atomic E-state index is -0.750. The molecule has 6 nitrogen and oxygen atoms in total. The van der Waals surface area contributed by atoms with E-state index in [0.717, 1.165) is 30.5 Å². The van der Waals surface area contributed by atoms with Gasteiger partial charge >= 0.3 is 5.97 Å². The summed E-state index contributed by atoms with van der Waals surface area (Å²) in [5, 5.41) is 15.9. The number of nitrogens with zero attached hydrogens (tertiary/aromatic N) is 1. The summed E-state index contributed by atoms with van der Waals surface area (Å²) in [5.41, 5.74) is 1.54. The summed E-state index contributed by atoms with van der Waals surface area (Å²) in [6.45, 7) is 4.02. The molecule has 1 fully saturated rings. The topological polar surface area (TPSA) is 92.4 Å². The summed E-state index contributed by atoms with van der Waals surface area (Å²) >= 11 is 0. The van der Waals surface area contributed by atoms with Gasteiger partial charge in [0.15, 0.2) is 0 Å². The second kappa shape index (κ2) is 6.74. The Balaban J connectivity index is 1.87. The van der Waals surface area contributed by atoms with Crippen LogP contribution < -0.4 is 5.32 Å². The molecule has 1 aliphatic rings. The van der Waals surface area contributed by atoms with Crippen molar-refractivity contribution in [1.82, 2.24) is 10.5 Å². The predicted molar refractivity (Wildman–Crippen MR) is 75.8 cm³/mol. The highest BCUT2D eigenvalue weighted by Gasteiger charge is 2.30. The normalized spacial score (nSPS) is 22.0. The molecule has 0 aliphatic heterocycles. The number of aliphatic carboxylic acids is 1. The Kier molecular flexibility index (Phi) is 4.98. The fourth-order valence-electron chi connectivity index (χ4n) is 3.00. The molecule has 0 radical (unpaired) electrons. The number of aryl methyl sites for hydroxylation is 2. The van der Waals surface area contributed by atoms with Crippen molar-refractivity contribution < 1.29 is 19.2 Å². The van der Waals surface area contributed by atoms with Crippen LogP contribution in [0.2, 0.25) is 0 Å². The van der Waals surface area contributed by atoms with Crippen LogP contribution in [0.4, 0.5) is 0 Å². The predicted octanol–water partition coefficient (Wildman–Crippen LogP) is 1.84. The molecule has 2 atom stereocenters. The van der Waals surface area contributed by atoms with Crippen molar-refractivity contribution in [2.75, 3.05) is 6.54 Å². The molecule has 0 spiro atoms. The number of carbonyl (C=O) groups is 2. The summed E-state index contributed by atoms with van der Waals surface area (Å²) < 4.78 is 5.03. The second-order valence-electron chi connectivity index (χ2n) is 5.77. The average Bonchev–Trinajstić information content (AvgIpc) is 2.77. The first-order valence-corrected chi connectivity index (χ1v) is 7.40. The first-order valence-electron chi connectivity index (χ1n) is 7.40. The molecule has 1 saturated carbocycles. The number of carboxylic acids is 1. The number of rotatable bonds is 5. The molecule has 2 rings (SSSR count). The molecular weight excluding hydrogens is 272 g/mol. The molecule has 1 amide bonds. The average molecular weight is 294 g/mol. The maximum atomic E-state index is 12.0. The fraction of sp³-hybridized carbons (Fsp3) is 0.667. The van der Waals surface area contributed by atoms with Gasteiger partial charge in [0.2, 0.25) is 5.91 Å². The van der Waals surface area contributed by atoms with E-state index >= 15 is 0 Å². The minimum Gasteiger partial charge on any atom is -0.481 e. The number of carbonyl (C=O) groups excluding carboxylic acids is 1. The zero-order valence-corrected chi connectivity index (χ0v) is 12.5. The quantitative estimate of drug-likeness (QED) is 0.864. The van der Waals surface area contributed by atoms with Gasteiger partial charge in [-0.15, -0.1) is 0 Å². The Hall–Kier alpha value is -1.85. The van der Waals surface area contributed by atoms with Gasteiger partial charge in [0.25, 0.3) is 0 Å². The van der Waals surface area contributed by atoms with Gasteiger partial charge in [-0.3, -0.25) is 9.59 Å². The lowest BCUT2D eigenvalue weighted by molar-refractivity contribution is -0.145. The number of aromatic nitrogens is 1. The first-order chi connectivity index (χ1) is 9.99. The molecule has 1 aliphatic carbocycles. The van der Waals surface area contributed by atoms with Crippen LogP contribution >= 0.6 is 0 Å². The first kappa shape index (κ1) is 15.5. The summed E-state index contributed by atoms with van der Waals surface area (Å²) in [4.78, 5) is 23.2. The standard InChI is InChI=1S/C15H22N2O4/c1-9-13(10(2)21-17-9)7-14(18)16-8-11-5-3-4-6-12(11)15(19)20/h11-12H,3-8H2,1-2H3,(H,16,18)(H,19,20). The van der Waals surface area contributed by atoms with E-state index in [1.165, 1.54) is 0 Å². The van der Waals surface area contributed by atoms with Gasteiger partial charge in [0.05, 0.1) is 18.0 Å². The minimum absolute atomic E-state index is 0.0323. The zero-order valence-electron chi connectivity index (χ0n) is 12.5. The van der Waals surface area contributed by atoms with E-state index in [1.807, 2.05) is 0 Å². The maximum absolute atomic E-state index is 12.0. The largest absolute Gasteiger partial charge is 0.481 e. The number of carboxylic acid groups (broad SMARTS) is 1. The van der Waals surface area contributed by atoms with Gasteiger partial charge in [0, 0.05) is 12.1 Å². The van der Waals surface area contributed by atoms with Gasteiger partial charge < -0.3 is 14.9 Å². The molecule has 1 heterocycles. The smallest absolute Gasteiger partial charge is 0.306 e. The SMILES string of the molecule is Cc1noc(C)c1CC(=O)NCC1CCCCC1C(=O)O. The molecule has 0 saturated heterocycles. The van der Waals surface area contributed by atoms with Crippen LogP contribution in [0, 0.1) is 25.7 Å². The van der Waals surface area contributed by atoms with E-state index < -0.39 is 5.97 Å². The lowest BCUT2D eigenvalue weighted by atomic mass is 9.79. The maximum Gasteiger partial charge on any atom is 0.306 e. The van der Waals surface area contributed by atoms with Gasteiger partial charge in [-0.05, 0) is 32.6 Å². The van der Waals surface area contributed by atoms with Crippen molar-refractivity contribution in [3.05, 3.63) is 17.0 Å². The Labute approximate surface area is 123 Å². The van der Waals surface area contributed by atoms with E-state index in [2.05, 4.69) is 10.5 Å². The van der Waals surface area contributed by atoms with Gasteiger partial charge in [-0.1, -0.05) is 18.0 Å². The molecule has 0 aromatic carbocycles. The highest BCUT2D eigenvalue weighted by atomic mass is 16.5. The number of nitrogens with one attached hydrogen (secondary N) is 1. The van der Waals surface area contributed by atoms with Crippen LogP contribution in [0.5, 0.6) is 0 Å². The Morgan fingerprint density at radius 3 is 2.67 bits per heavy atom. The lowest BCUT2D eigenvalue weighted by Crippen LogP contribution is -2.37. The van der Waals surface area contributed by atoms with Crippen LogP contribution in [0.3, 0.4) is 0 Å². The van der Waals surface area contributed by atoms with Gasteiger partial charge in [0.1, 0.15) is 5.76 Å². The van der Waals surface area contributed by atoms with Crippen LogP contribution in [0.25, 0.3) is 0 Å². The highest BCUT2D eigenvalue weighted by Crippen LogP contribution is 2.29. The second-order valence-corrected chi connectivity index (χ2v) is 5.77. The Morgan fingerprint density at radius 2 is 2.05 bits per heavy atom. The summed E-state index contributed by atoms with van der Waals surface area (Å²) in [6, 6.07) is 0. The molecule has 116 valence electrons. The third kappa shape index (κ3) is 3.83. The number of amides is 1. The fourth-order valence-corrected chi connectivity index (χ4v) is 3.00. The Morgan fingerprint density at radius 1 is 1.33 bits per heavy atom. The lowest BCUT2D eigenvalue weighted by Gasteiger charge is -2.28. The van der Waals surface area contributed by atoms with E-state index in [0.29, 0.717) is 18.7 Å². The van der Waals surface area contributed by atoms with Crippen molar-refractivity contribution in [1.29, 1.82) is 0 Å². The van der Waals surface area contributed by atoms with E-state index in [4.69, 9.17) is 4.52 Å². The molecule has 2 N–H and O–H groups in total. The third-order valence-electron chi connectivity index (χ3n) is 4.31. The third-order valence-corrected chi connectivity index (χ3v) is 4.31. The van der Waals surface area contributed by atoms with Crippen molar-refractivity contribution >= 4 is 11.9 Å². The van der Waals surface area contributed by atoms with Crippen LogP contribution in [-0.4, -0.2) is 28.7 Å². The van der Waals surface area contributed by atoms with Crippen LogP contribution in [-0.2, 0) is 16.0 Å². The monoisotopic (exact) mass is 294 g/mol. The van der Waals surface area contributed by atoms with Crippen molar-refractivity contribution in [2.24, 2.45) is 11.8 Å². The molecule has 21 heavy (non-hydrogen) atoms. The number of hydrogen-bond donors (Lipinski definition) is 2. The molecule has 2 unspecified atom stereocenters.